The van der Waals surface area contributed by atoms with Crippen LogP contribution in [0.4, 0.5) is 15.9 Å². The van der Waals surface area contributed by atoms with Gasteiger partial charge in [-0.25, -0.2) is 4.39 Å². The van der Waals surface area contributed by atoms with Crippen molar-refractivity contribution in [2.75, 3.05) is 55.7 Å². The van der Waals surface area contributed by atoms with Crippen molar-refractivity contribution in [3.8, 4) is 12.1 Å². The van der Waals surface area contributed by atoms with Gasteiger partial charge in [-0.1, -0.05) is 25.6 Å². The number of nitrogens with zero attached hydrogens (tertiary/aromatic N) is 7. The third-order valence-electron chi connectivity index (χ3n) is 10.6. The van der Waals surface area contributed by atoms with Gasteiger partial charge in [0, 0.05) is 37.4 Å². The number of fused-ring (bicyclic) bond motifs is 3. The number of rotatable bonds is 7. The van der Waals surface area contributed by atoms with Crippen molar-refractivity contribution in [3.63, 3.8) is 0 Å². The van der Waals surface area contributed by atoms with Crippen LogP contribution in [0.5, 0.6) is 6.01 Å². The Morgan fingerprint density at radius 3 is 2.70 bits per heavy atom. The molecule has 1 aromatic carbocycles. The number of ether oxygens (including phenoxy) is 1. The Labute approximate surface area is 259 Å². The minimum atomic E-state index is -0.995. The number of halogens is 1. The van der Waals surface area contributed by atoms with Crippen LogP contribution in [0.25, 0.3) is 0 Å². The highest BCUT2D eigenvalue weighted by molar-refractivity contribution is 5.91. The predicted molar refractivity (Wildman–Crippen MR) is 166 cm³/mol. The summed E-state index contributed by atoms with van der Waals surface area (Å²) in [6, 6.07) is 8.82. The molecule has 5 heterocycles. The van der Waals surface area contributed by atoms with Crippen molar-refractivity contribution in [1.82, 2.24) is 19.8 Å². The molecule has 232 valence electrons. The summed E-state index contributed by atoms with van der Waals surface area (Å²) in [4.78, 5) is 31.2. The smallest absolute Gasteiger partial charge is 0.318 e. The second-order valence-corrected chi connectivity index (χ2v) is 13.4. The lowest BCUT2D eigenvalue weighted by atomic mass is 9.95. The Hall–Kier alpha value is -3.71. The van der Waals surface area contributed by atoms with Crippen molar-refractivity contribution in [1.29, 1.82) is 5.26 Å². The van der Waals surface area contributed by atoms with Crippen LogP contribution in [-0.4, -0.2) is 83.1 Å². The molecule has 9 nitrogen and oxygen atoms in total. The molecule has 3 saturated heterocycles. The maximum absolute atomic E-state index is 13.8. The Balaban J connectivity index is 1.20. The van der Waals surface area contributed by atoms with Gasteiger partial charge in [0.25, 0.3) is 5.91 Å². The first-order chi connectivity index (χ1) is 21.3. The van der Waals surface area contributed by atoms with Gasteiger partial charge in [-0.3, -0.25) is 9.69 Å². The number of hydrogen-bond donors (Lipinski definition) is 0. The van der Waals surface area contributed by atoms with Crippen LogP contribution in [0.2, 0.25) is 0 Å². The first-order valence-electron chi connectivity index (χ1n) is 16.3. The SMILES string of the molecule is C=C(F)C(=O)N1CCN(c2nc(OCC34CCCN3CCC4)nc3c2CCN(c2cccc4c2C[C@@H](C)C4)C3)C[C@@H]1CC#N. The summed E-state index contributed by atoms with van der Waals surface area (Å²) in [5.41, 5.74) is 6.37. The van der Waals surface area contributed by atoms with Gasteiger partial charge in [0.15, 0.2) is 5.83 Å². The number of amides is 1. The Bertz CT molecular complexity index is 1500. The molecule has 4 aliphatic heterocycles. The van der Waals surface area contributed by atoms with E-state index in [0.29, 0.717) is 44.7 Å². The number of hydrogen-bond acceptors (Lipinski definition) is 8. The summed E-state index contributed by atoms with van der Waals surface area (Å²) in [6.07, 6.45) is 7.80. The molecule has 0 bridgehead atoms. The highest BCUT2D eigenvalue weighted by Crippen LogP contribution is 2.40. The summed E-state index contributed by atoms with van der Waals surface area (Å²) < 4.78 is 20.3. The Morgan fingerprint density at radius 2 is 1.93 bits per heavy atom. The molecule has 0 saturated carbocycles. The second kappa shape index (κ2) is 11.7. The van der Waals surface area contributed by atoms with E-state index in [-0.39, 0.29) is 12.0 Å². The molecule has 0 spiro atoms. The number of piperazine rings is 1. The zero-order chi connectivity index (χ0) is 30.4. The molecule has 1 aliphatic carbocycles. The van der Waals surface area contributed by atoms with Crippen LogP contribution in [0, 0.1) is 17.2 Å². The minimum Gasteiger partial charge on any atom is -0.461 e. The number of carbonyl (C=O) groups excluding carboxylic acids is 1. The van der Waals surface area contributed by atoms with Gasteiger partial charge in [-0.15, -0.1) is 0 Å². The highest BCUT2D eigenvalue weighted by Gasteiger charge is 2.45. The van der Waals surface area contributed by atoms with E-state index in [1.807, 2.05) is 0 Å². The molecule has 10 heteroatoms. The van der Waals surface area contributed by atoms with Gasteiger partial charge in [-0.2, -0.15) is 15.2 Å². The fraction of sp³-hybridized carbons (Fsp3) is 0.588. The Kier molecular flexibility index (Phi) is 7.69. The maximum atomic E-state index is 13.8. The molecule has 3 fully saturated rings. The van der Waals surface area contributed by atoms with E-state index in [9.17, 15) is 14.4 Å². The van der Waals surface area contributed by atoms with Crippen LogP contribution in [-0.2, 0) is 30.6 Å². The summed E-state index contributed by atoms with van der Waals surface area (Å²) in [5, 5.41) is 9.54. The molecule has 2 atom stereocenters. The first kappa shape index (κ1) is 29.0. The molecule has 0 N–H and O–H groups in total. The van der Waals surface area contributed by atoms with Gasteiger partial charge in [0.1, 0.15) is 12.4 Å². The van der Waals surface area contributed by atoms with E-state index < -0.39 is 17.8 Å². The van der Waals surface area contributed by atoms with Crippen LogP contribution in [0.3, 0.4) is 0 Å². The lowest BCUT2D eigenvalue weighted by molar-refractivity contribution is -0.131. The Morgan fingerprint density at radius 1 is 1.11 bits per heavy atom. The number of carbonyl (C=O) groups is 1. The normalized spacial score (nSPS) is 24.1. The molecular formula is C34H42FN7O2. The molecule has 1 aromatic heterocycles. The van der Waals surface area contributed by atoms with Crippen LogP contribution >= 0.6 is 0 Å². The molecule has 2 aromatic rings. The number of aromatic nitrogens is 2. The van der Waals surface area contributed by atoms with E-state index in [2.05, 4.69) is 52.5 Å². The number of benzene rings is 1. The molecule has 5 aliphatic rings. The lowest BCUT2D eigenvalue weighted by Crippen LogP contribution is -2.55. The second-order valence-electron chi connectivity index (χ2n) is 13.4. The van der Waals surface area contributed by atoms with Crippen LogP contribution < -0.4 is 14.5 Å². The summed E-state index contributed by atoms with van der Waals surface area (Å²) >= 11 is 0. The van der Waals surface area contributed by atoms with Crippen molar-refractivity contribution >= 4 is 17.4 Å². The van der Waals surface area contributed by atoms with Crippen LogP contribution in [0.1, 0.15) is 61.4 Å². The quantitative estimate of drug-likeness (QED) is 0.438. The largest absolute Gasteiger partial charge is 0.461 e. The van der Waals surface area contributed by atoms with Gasteiger partial charge in [0.2, 0.25) is 0 Å². The standard InChI is InChI=1S/C34H42FN7O2/c1-23-18-25-6-3-7-30(28(25)19-23)39-15-9-27-29(21-39)37-33(44-22-34-10-4-13-41(34)14-5-11-34)38-31(27)40-16-17-42(32(43)24(2)35)26(20-40)8-12-36/h3,6-7,23,26H,2,4-5,8-11,13-22H2,1H3/t23-,26-/m0/s1. The fourth-order valence-electron chi connectivity index (χ4n) is 8.47. The number of nitriles is 1. The van der Waals surface area contributed by atoms with E-state index in [1.165, 1.54) is 34.6 Å². The van der Waals surface area contributed by atoms with E-state index in [1.54, 1.807) is 0 Å². The first-order valence-corrected chi connectivity index (χ1v) is 16.3. The van der Waals surface area contributed by atoms with Gasteiger partial charge in [0.05, 0.1) is 36.3 Å². The van der Waals surface area contributed by atoms with Crippen molar-refractivity contribution in [3.05, 3.63) is 53.0 Å². The molecule has 44 heavy (non-hydrogen) atoms. The van der Waals surface area contributed by atoms with Gasteiger partial charge >= 0.3 is 6.01 Å². The predicted octanol–water partition coefficient (Wildman–Crippen LogP) is 4.20. The minimum absolute atomic E-state index is 0.0748. The van der Waals surface area contributed by atoms with Crippen molar-refractivity contribution in [2.45, 2.75) is 76.4 Å². The van der Waals surface area contributed by atoms with E-state index in [0.717, 1.165) is 68.8 Å². The summed E-state index contributed by atoms with van der Waals surface area (Å²) in [6.45, 7) is 11.1. The molecule has 0 radical (unpaired) electrons. The van der Waals surface area contributed by atoms with Crippen molar-refractivity contribution < 1.29 is 13.9 Å². The molecule has 7 rings (SSSR count). The van der Waals surface area contributed by atoms with Crippen LogP contribution in [0.15, 0.2) is 30.6 Å². The van der Waals surface area contributed by atoms with Gasteiger partial charge in [-0.05, 0) is 81.1 Å². The highest BCUT2D eigenvalue weighted by atomic mass is 19.1. The summed E-state index contributed by atoms with van der Waals surface area (Å²) in [5.74, 6) is -0.261. The monoisotopic (exact) mass is 599 g/mol. The van der Waals surface area contributed by atoms with Gasteiger partial charge < -0.3 is 19.4 Å². The molecule has 0 unspecified atom stereocenters. The third kappa shape index (κ3) is 5.19. The molecular weight excluding hydrogens is 557 g/mol. The average Bonchev–Trinajstić information content (AvgIpc) is 3.72. The van der Waals surface area contributed by atoms with E-state index >= 15 is 0 Å². The molecule has 1 amide bonds. The lowest BCUT2D eigenvalue weighted by Gasteiger charge is -2.42. The zero-order valence-corrected chi connectivity index (χ0v) is 25.7. The van der Waals surface area contributed by atoms with Crippen molar-refractivity contribution in [2.24, 2.45) is 5.92 Å². The summed E-state index contributed by atoms with van der Waals surface area (Å²) in [7, 11) is 0. The third-order valence-corrected chi connectivity index (χ3v) is 10.6. The van der Waals surface area contributed by atoms with E-state index in [4.69, 9.17) is 14.7 Å². The fourth-order valence-corrected chi connectivity index (χ4v) is 8.47. The zero-order valence-electron chi connectivity index (χ0n) is 25.7. The number of anilines is 2. The average molecular weight is 600 g/mol. The topological polar surface area (TPSA) is 88.8 Å². The maximum Gasteiger partial charge on any atom is 0.318 e.